The molecule has 88 valence electrons. The van der Waals surface area contributed by atoms with Gasteiger partial charge in [-0.05, 0) is 30.7 Å². The molecule has 4 heteroatoms. The van der Waals surface area contributed by atoms with Gasteiger partial charge in [-0.2, -0.15) is 0 Å². The second kappa shape index (κ2) is 5.30. The van der Waals surface area contributed by atoms with Crippen molar-refractivity contribution in [1.29, 1.82) is 0 Å². The summed E-state index contributed by atoms with van der Waals surface area (Å²) in [7, 11) is 0. The zero-order valence-electron chi connectivity index (χ0n) is 9.85. The Balaban J connectivity index is 2.12. The summed E-state index contributed by atoms with van der Waals surface area (Å²) in [5.74, 6) is 0.813. The molecule has 0 bridgehead atoms. The van der Waals surface area contributed by atoms with Crippen LogP contribution in [0.25, 0.3) is 0 Å². The van der Waals surface area contributed by atoms with Gasteiger partial charge >= 0.3 is 0 Å². The number of benzene rings is 1. The topological polar surface area (TPSA) is 63.8 Å². The van der Waals surface area contributed by atoms with Gasteiger partial charge in [0.25, 0.3) is 0 Å². The van der Waals surface area contributed by atoms with Crippen molar-refractivity contribution in [2.75, 3.05) is 11.1 Å². The van der Waals surface area contributed by atoms with Gasteiger partial charge in [0.05, 0.1) is 0 Å². The van der Waals surface area contributed by atoms with Crippen molar-refractivity contribution in [3.8, 4) is 0 Å². The third kappa shape index (κ3) is 3.17. The van der Waals surface area contributed by atoms with E-state index < -0.39 is 0 Å². The Labute approximate surface area is 101 Å². The third-order valence-corrected chi connectivity index (χ3v) is 2.41. The van der Waals surface area contributed by atoms with E-state index in [1.165, 1.54) is 0 Å². The van der Waals surface area contributed by atoms with Crippen molar-refractivity contribution in [2.24, 2.45) is 0 Å². The molecule has 0 aliphatic rings. The van der Waals surface area contributed by atoms with Crippen LogP contribution in [0.3, 0.4) is 0 Å². The van der Waals surface area contributed by atoms with E-state index in [4.69, 9.17) is 5.73 Å². The molecule has 0 aliphatic carbocycles. The molecule has 17 heavy (non-hydrogen) atoms. The van der Waals surface area contributed by atoms with Crippen molar-refractivity contribution in [1.82, 2.24) is 9.97 Å². The number of hydrogen-bond acceptors (Lipinski definition) is 4. The number of rotatable bonds is 4. The van der Waals surface area contributed by atoms with Gasteiger partial charge < -0.3 is 11.1 Å². The van der Waals surface area contributed by atoms with Crippen LogP contribution in [0.15, 0.2) is 36.7 Å². The molecule has 2 aromatic rings. The average molecular weight is 228 g/mol. The van der Waals surface area contributed by atoms with E-state index in [0.29, 0.717) is 0 Å². The Bertz CT molecular complexity index is 479. The molecule has 0 unspecified atom stereocenters. The minimum absolute atomic E-state index is 0.755. The van der Waals surface area contributed by atoms with Gasteiger partial charge in [-0.1, -0.05) is 13.3 Å². The van der Waals surface area contributed by atoms with Crippen LogP contribution in [0, 0.1) is 0 Å². The molecule has 0 spiro atoms. The SMILES string of the molecule is CCCc1cc(Nc2ccc(N)cc2)ncn1. The van der Waals surface area contributed by atoms with Crippen LogP contribution < -0.4 is 11.1 Å². The van der Waals surface area contributed by atoms with Gasteiger partial charge in [0, 0.05) is 23.1 Å². The first-order valence-corrected chi connectivity index (χ1v) is 5.71. The van der Waals surface area contributed by atoms with Gasteiger partial charge in [0.2, 0.25) is 0 Å². The number of aryl methyl sites for hydroxylation is 1. The number of hydrogen-bond donors (Lipinski definition) is 2. The number of nitrogen functional groups attached to an aromatic ring is 1. The zero-order valence-corrected chi connectivity index (χ0v) is 9.85. The molecular formula is C13H16N4. The normalized spacial score (nSPS) is 10.2. The van der Waals surface area contributed by atoms with Gasteiger partial charge in [-0.25, -0.2) is 9.97 Å². The fraction of sp³-hybridized carbons (Fsp3) is 0.231. The second-order valence-corrected chi connectivity index (χ2v) is 3.89. The summed E-state index contributed by atoms with van der Waals surface area (Å²) in [5, 5.41) is 3.22. The molecule has 0 radical (unpaired) electrons. The highest BCUT2D eigenvalue weighted by Crippen LogP contribution is 2.16. The van der Waals surface area contributed by atoms with Crippen LogP contribution in [-0.4, -0.2) is 9.97 Å². The smallest absolute Gasteiger partial charge is 0.133 e. The minimum Gasteiger partial charge on any atom is -0.399 e. The number of nitrogens with zero attached hydrogens (tertiary/aromatic N) is 2. The van der Waals surface area contributed by atoms with Crippen LogP contribution in [0.5, 0.6) is 0 Å². The quantitative estimate of drug-likeness (QED) is 0.790. The summed E-state index contributed by atoms with van der Waals surface area (Å²) in [6.45, 7) is 2.13. The van der Waals surface area contributed by atoms with E-state index in [1.807, 2.05) is 30.3 Å². The summed E-state index contributed by atoms with van der Waals surface area (Å²) < 4.78 is 0. The molecule has 1 heterocycles. The average Bonchev–Trinajstić information content (AvgIpc) is 2.33. The first-order valence-electron chi connectivity index (χ1n) is 5.71. The first kappa shape index (κ1) is 11.4. The van der Waals surface area contributed by atoms with Gasteiger partial charge in [-0.15, -0.1) is 0 Å². The predicted molar refractivity (Wildman–Crippen MR) is 70.2 cm³/mol. The maximum Gasteiger partial charge on any atom is 0.133 e. The fourth-order valence-electron chi connectivity index (χ4n) is 1.57. The molecule has 0 fully saturated rings. The van der Waals surface area contributed by atoms with Crippen LogP contribution >= 0.6 is 0 Å². The standard InChI is InChI=1S/C13H16N4/c1-2-3-12-8-13(16-9-15-12)17-11-6-4-10(14)5-7-11/h4-9H,2-3,14H2,1H3,(H,15,16,17). The zero-order chi connectivity index (χ0) is 12.1. The molecule has 0 saturated carbocycles. The van der Waals surface area contributed by atoms with Crippen molar-refractivity contribution in [3.63, 3.8) is 0 Å². The van der Waals surface area contributed by atoms with Crippen molar-refractivity contribution in [2.45, 2.75) is 19.8 Å². The summed E-state index contributed by atoms with van der Waals surface area (Å²) in [5.41, 5.74) is 8.41. The molecule has 4 nitrogen and oxygen atoms in total. The molecular weight excluding hydrogens is 212 g/mol. The van der Waals surface area contributed by atoms with Gasteiger partial charge in [0.1, 0.15) is 12.1 Å². The number of nitrogens with two attached hydrogens (primary N) is 1. The Kier molecular flexibility index (Phi) is 3.55. The lowest BCUT2D eigenvalue weighted by Crippen LogP contribution is -1.97. The second-order valence-electron chi connectivity index (χ2n) is 3.89. The number of nitrogens with one attached hydrogen (secondary N) is 1. The van der Waals surface area contributed by atoms with Crippen molar-refractivity contribution >= 4 is 17.2 Å². The van der Waals surface area contributed by atoms with E-state index >= 15 is 0 Å². The maximum absolute atomic E-state index is 5.63. The van der Waals surface area contributed by atoms with E-state index in [0.717, 1.165) is 35.7 Å². The summed E-state index contributed by atoms with van der Waals surface area (Å²) in [6, 6.07) is 9.54. The van der Waals surface area contributed by atoms with Crippen LogP contribution in [0.2, 0.25) is 0 Å². The number of anilines is 3. The molecule has 0 aliphatic heterocycles. The van der Waals surface area contributed by atoms with Crippen LogP contribution in [0.1, 0.15) is 19.0 Å². The highest BCUT2D eigenvalue weighted by atomic mass is 15.0. The van der Waals surface area contributed by atoms with Gasteiger partial charge in [-0.3, -0.25) is 0 Å². The highest BCUT2D eigenvalue weighted by Gasteiger charge is 1.99. The van der Waals surface area contributed by atoms with Crippen LogP contribution in [-0.2, 0) is 6.42 Å². The van der Waals surface area contributed by atoms with Crippen molar-refractivity contribution < 1.29 is 0 Å². The fourth-order valence-corrected chi connectivity index (χ4v) is 1.57. The molecule has 0 amide bonds. The summed E-state index contributed by atoms with van der Waals surface area (Å²) in [4.78, 5) is 8.40. The van der Waals surface area contributed by atoms with E-state index in [9.17, 15) is 0 Å². The molecule has 1 aromatic carbocycles. The Morgan fingerprint density at radius 1 is 1.18 bits per heavy atom. The molecule has 0 atom stereocenters. The maximum atomic E-state index is 5.63. The van der Waals surface area contributed by atoms with E-state index in [1.54, 1.807) is 6.33 Å². The van der Waals surface area contributed by atoms with E-state index in [2.05, 4.69) is 22.2 Å². The molecule has 1 aromatic heterocycles. The summed E-state index contributed by atoms with van der Waals surface area (Å²) in [6.07, 6.45) is 3.64. The lowest BCUT2D eigenvalue weighted by Gasteiger charge is -2.06. The lowest BCUT2D eigenvalue weighted by molar-refractivity contribution is 0.873. The van der Waals surface area contributed by atoms with Gasteiger partial charge in [0.15, 0.2) is 0 Å². The van der Waals surface area contributed by atoms with Crippen LogP contribution in [0.4, 0.5) is 17.2 Å². The summed E-state index contributed by atoms with van der Waals surface area (Å²) >= 11 is 0. The number of aromatic nitrogens is 2. The monoisotopic (exact) mass is 228 g/mol. The highest BCUT2D eigenvalue weighted by molar-refractivity contribution is 5.59. The largest absolute Gasteiger partial charge is 0.399 e. The Morgan fingerprint density at radius 3 is 2.65 bits per heavy atom. The Morgan fingerprint density at radius 2 is 1.94 bits per heavy atom. The molecule has 3 N–H and O–H groups in total. The predicted octanol–water partition coefficient (Wildman–Crippen LogP) is 2.75. The Hall–Kier alpha value is -2.10. The molecule has 0 saturated heterocycles. The lowest BCUT2D eigenvalue weighted by atomic mass is 10.2. The molecule has 2 rings (SSSR count). The first-order chi connectivity index (χ1) is 8.28. The third-order valence-electron chi connectivity index (χ3n) is 2.41. The van der Waals surface area contributed by atoms with E-state index in [-0.39, 0.29) is 0 Å². The minimum atomic E-state index is 0.755. The van der Waals surface area contributed by atoms with Crippen molar-refractivity contribution in [3.05, 3.63) is 42.4 Å².